The number of likely N-dealkylation sites (tertiary alicyclic amines) is 1. The van der Waals surface area contributed by atoms with Crippen molar-refractivity contribution in [1.29, 1.82) is 0 Å². The Bertz CT molecular complexity index is 132. The molecule has 0 radical (unpaired) electrons. The lowest BCUT2D eigenvalue weighted by molar-refractivity contribution is 0.0607. The summed E-state index contributed by atoms with van der Waals surface area (Å²) in [4.78, 5) is 2.73. The fourth-order valence-electron chi connectivity index (χ4n) is 2.62. The van der Waals surface area contributed by atoms with Gasteiger partial charge in [-0.25, -0.2) is 0 Å². The first kappa shape index (κ1) is 8.55. The highest BCUT2D eigenvalue weighted by Gasteiger charge is 2.32. The number of hydrogen-bond donors (Lipinski definition) is 0. The monoisotopic (exact) mass is 167 g/mol. The Morgan fingerprint density at radius 1 is 1.08 bits per heavy atom. The fraction of sp³-hybridized carbons (Fsp3) is 1.00. The van der Waals surface area contributed by atoms with E-state index in [9.17, 15) is 0 Å². The van der Waals surface area contributed by atoms with E-state index in [0.29, 0.717) is 0 Å². The third-order valence-corrected chi connectivity index (χ3v) is 3.70. The van der Waals surface area contributed by atoms with Gasteiger partial charge in [-0.1, -0.05) is 19.8 Å². The van der Waals surface area contributed by atoms with Gasteiger partial charge in [-0.05, 0) is 44.7 Å². The van der Waals surface area contributed by atoms with Gasteiger partial charge in [-0.15, -0.1) is 0 Å². The Kier molecular flexibility index (Phi) is 2.69. The van der Waals surface area contributed by atoms with Crippen LogP contribution in [0.15, 0.2) is 0 Å². The first-order chi connectivity index (χ1) is 5.90. The van der Waals surface area contributed by atoms with E-state index in [1.54, 1.807) is 0 Å². The molecular weight excluding hydrogens is 146 g/mol. The summed E-state index contributed by atoms with van der Waals surface area (Å²) in [5, 5.41) is 0. The van der Waals surface area contributed by atoms with Gasteiger partial charge in [0.1, 0.15) is 0 Å². The molecule has 2 rings (SSSR count). The van der Waals surface area contributed by atoms with Crippen molar-refractivity contribution in [3.05, 3.63) is 0 Å². The Hall–Kier alpha value is -0.0400. The standard InChI is InChI=1S/C11H21N/c1-2-10-8-11(9-10)12-6-4-3-5-7-12/h10-11H,2-9H2,1H3/t10-,11+. The lowest BCUT2D eigenvalue weighted by atomic mass is 9.77. The maximum absolute atomic E-state index is 2.73. The van der Waals surface area contributed by atoms with Crippen molar-refractivity contribution in [2.75, 3.05) is 13.1 Å². The molecule has 1 nitrogen and oxygen atoms in total. The molecule has 12 heavy (non-hydrogen) atoms. The summed E-state index contributed by atoms with van der Waals surface area (Å²) < 4.78 is 0. The highest BCUT2D eigenvalue weighted by molar-refractivity contribution is 4.87. The molecule has 0 aromatic carbocycles. The van der Waals surface area contributed by atoms with Crippen LogP contribution >= 0.6 is 0 Å². The van der Waals surface area contributed by atoms with Crippen molar-refractivity contribution >= 4 is 0 Å². The van der Waals surface area contributed by atoms with E-state index in [4.69, 9.17) is 0 Å². The zero-order valence-electron chi connectivity index (χ0n) is 8.26. The normalized spacial score (nSPS) is 37.8. The van der Waals surface area contributed by atoms with Gasteiger partial charge in [0.05, 0.1) is 0 Å². The van der Waals surface area contributed by atoms with Crippen molar-refractivity contribution in [2.45, 2.75) is 51.5 Å². The molecule has 1 heteroatoms. The summed E-state index contributed by atoms with van der Waals surface area (Å²) >= 11 is 0. The van der Waals surface area contributed by atoms with E-state index in [2.05, 4.69) is 11.8 Å². The second kappa shape index (κ2) is 3.78. The van der Waals surface area contributed by atoms with Crippen LogP contribution in [-0.2, 0) is 0 Å². The molecule has 1 heterocycles. The minimum absolute atomic E-state index is 0.982. The summed E-state index contributed by atoms with van der Waals surface area (Å²) in [5.74, 6) is 1.07. The van der Waals surface area contributed by atoms with E-state index < -0.39 is 0 Å². The van der Waals surface area contributed by atoms with Gasteiger partial charge in [0.2, 0.25) is 0 Å². The van der Waals surface area contributed by atoms with Gasteiger partial charge in [-0.3, -0.25) is 0 Å². The second-order valence-corrected chi connectivity index (χ2v) is 4.50. The molecule has 0 bridgehead atoms. The number of piperidine rings is 1. The van der Waals surface area contributed by atoms with Crippen molar-refractivity contribution in [3.63, 3.8) is 0 Å². The third-order valence-electron chi connectivity index (χ3n) is 3.70. The Morgan fingerprint density at radius 2 is 1.75 bits per heavy atom. The topological polar surface area (TPSA) is 3.24 Å². The number of rotatable bonds is 2. The highest BCUT2D eigenvalue weighted by atomic mass is 15.2. The highest BCUT2D eigenvalue weighted by Crippen LogP contribution is 2.34. The molecule has 0 atom stereocenters. The van der Waals surface area contributed by atoms with Crippen molar-refractivity contribution < 1.29 is 0 Å². The average molecular weight is 167 g/mol. The smallest absolute Gasteiger partial charge is 0.0100 e. The maximum atomic E-state index is 2.73. The average Bonchev–Trinajstić information content (AvgIpc) is 2.04. The summed E-state index contributed by atoms with van der Waals surface area (Å²) in [6, 6.07) is 0.982. The predicted octanol–water partition coefficient (Wildman–Crippen LogP) is 2.66. The van der Waals surface area contributed by atoms with Crippen LogP contribution in [0.5, 0.6) is 0 Å². The quantitative estimate of drug-likeness (QED) is 0.611. The van der Waals surface area contributed by atoms with Crippen molar-refractivity contribution in [2.24, 2.45) is 5.92 Å². The predicted molar refractivity (Wildman–Crippen MR) is 52.2 cm³/mol. The van der Waals surface area contributed by atoms with Crippen LogP contribution in [0.4, 0.5) is 0 Å². The lowest BCUT2D eigenvalue weighted by Crippen LogP contribution is -2.46. The zero-order chi connectivity index (χ0) is 8.39. The lowest BCUT2D eigenvalue weighted by Gasteiger charge is -2.44. The second-order valence-electron chi connectivity index (χ2n) is 4.50. The van der Waals surface area contributed by atoms with Gasteiger partial charge in [0.25, 0.3) is 0 Å². The number of nitrogens with zero attached hydrogens (tertiary/aromatic N) is 1. The van der Waals surface area contributed by atoms with E-state index in [-0.39, 0.29) is 0 Å². The van der Waals surface area contributed by atoms with Crippen LogP contribution in [0.25, 0.3) is 0 Å². The maximum Gasteiger partial charge on any atom is 0.0100 e. The largest absolute Gasteiger partial charge is 0.300 e. The molecule has 0 amide bonds. The van der Waals surface area contributed by atoms with Gasteiger partial charge < -0.3 is 4.90 Å². The fourth-order valence-corrected chi connectivity index (χ4v) is 2.62. The first-order valence-corrected chi connectivity index (χ1v) is 5.64. The molecule has 1 aliphatic carbocycles. The molecule has 2 aliphatic rings. The summed E-state index contributed by atoms with van der Waals surface area (Å²) in [5.41, 5.74) is 0. The first-order valence-electron chi connectivity index (χ1n) is 5.64. The molecule has 0 aromatic heterocycles. The van der Waals surface area contributed by atoms with E-state index >= 15 is 0 Å². The molecule has 70 valence electrons. The zero-order valence-corrected chi connectivity index (χ0v) is 8.26. The van der Waals surface area contributed by atoms with Crippen LogP contribution < -0.4 is 0 Å². The summed E-state index contributed by atoms with van der Waals surface area (Å²) in [6.45, 7) is 5.11. The van der Waals surface area contributed by atoms with Crippen LogP contribution in [0.1, 0.15) is 45.4 Å². The van der Waals surface area contributed by atoms with Crippen molar-refractivity contribution in [3.8, 4) is 0 Å². The van der Waals surface area contributed by atoms with Gasteiger partial charge in [0.15, 0.2) is 0 Å². The molecule has 0 unspecified atom stereocenters. The van der Waals surface area contributed by atoms with Crippen LogP contribution in [0.3, 0.4) is 0 Å². The summed E-state index contributed by atoms with van der Waals surface area (Å²) in [6.07, 6.45) is 8.78. The minimum Gasteiger partial charge on any atom is -0.300 e. The number of hydrogen-bond acceptors (Lipinski definition) is 1. The summed E-state index contributed by atoms with van der Waals surface area (Å²) in [7, 11) is 0. The van der Waals surface area contributed by atoms with Gasteiger partial charge in [-0.2, -0.15) is 0 Å². The van der Waals surface area contributed by atoms with Gasteiger partial charge in [0, 0.05) is 6.04 Å². The van der Waals surface area contributed by atoms with Crippen molar-refractivity contribution in [1.82, 2.24) is 4.90 Å². The third kappa shape index (κ3) is 1.66. The van der Waals surface area contributed by atoms with E-state index in [1.807, 2.05) is 0 Å². The SMILES string of the molecule is CC[C@H]1C[C@@H](N2CCCCC2)C1. The molecule has 0 spiro atoms. The van der Waals surface area contributed by atoms with E-state index in [1.165, 1.54) is 51.6 Å². The van der Waals surface area contributed by atoms with Crippen LogP contribution in [-0.4, -0.2) is 24.0 Å². The van der Waals surface area contributed by atoms with Gasteiger partial charge >= 0.3 is 0 Å². The Labute approximate surface area is 76.1 Å². The molecular formula is C11H21N. The van der Waals surface area contributed by atoms with Crippen LogP contribution in [0.2, 0.25) is 0 Å². The molecule has 1 saturated carbocycles. The molecule has 2 fully saturated rings. The molecule has 1 aliphatic heterocycles. The Balaban J connectivity index is 1.72. The molecule has 0 N–H and O–H groups in total. The molecule has 0 aromatic rings. The van der Waals surface area contributed by atoms with Crippen LogP contribution in [0, 0.1) is 5.92 Å². The Morgan fingerprint density at radius 3 is 2.33 bits per heavy atom. The molecule has 1 saturated heterocycles. The minimum atomic E-state index is 0.982. The van der Waals surface area contributed by atoms with E-state index in [0.717, 1.165) is 12.0 Å².